The van der Waals surface area contributed by atoms with Crippen molar-refractivity contribution in [2.45, 2.75) is 25.8 Å². The molecule has 0 saturated carbocycles. The average Bonchev–Trinajstić information content (AvgIpc) is 3.36. The number of halogens is 1. The molecule has 0 unspecified atom stereocenters. The van der Waals surface area contributed by atoms with Crippen LogP contribution in [0.5, 0.6) is 11.5 Å². The predicted octanol–water partition coefficient (Wildman–Crippen LogP) is 3.96. The Morgan fingerprint density at radius 1 is 1.20 bits per heavy atom. The van der Waals surface area contributed by atoms with Crippen molar-refractivity contribution >= 4 is 45.4 Å². The molecule has 0 spiro atoms. The van der Waals surface area contributed by atoms with Gasteiger partial charge in [-0.05, 0) is 50.1 Å². The minimum Gasteiger partial charge on any atom is -0.457 e. The Labute approximate surface area is 234 Å². The van der Waals surface area contributed by atoms with Crippen molar-refractivity contribution in [3.63, 3.8) is 0 Å². The molecule has 6 rings (SSSR count). The Morgan fingerprint density at radius 2 is 2.07 bits per heavy atom. The number of hydrogen-bond donors (Lipinski definition) is 2. The zero-order valence-corrected chi connectivity index (χ0v) is 22.5. The van der Waals surface area contributed by atoms with Crippen molar-refractivity contribution in [3.05, 3.63) is 66.9 Å². The zero-order valence-electron chi connectivity index (χ0n) is 22.5. The number of aromatic nitrogens is 7. The zero-order chi connectivity index (χ0) is 28.5. The maximum Gasteiger partial charge on any atom is 0.243 e. The lowest BCUT2D eigenvalue weighted by Crippen LogP contribution is -2.47. The normalized spacial score (nSPS) is 15.2. The summed E-state index contributed by atoms with van der Waals surface area (Å²) in [6.07, 6.45) is 5.97. The van der Waals surface area contributed by atoms with Crippen LogP contribution in [-0.4, -0.2) is 60.0 Å². The number of piperidine rings is 1. The number of anilines is 3. The van der Waals surface area contributed by atoms with Crippen molar-refractivity contribution in [3.8, 4) is 11.5 Å². The summed E-state index contributed by atoms with van der Waals surface area (Å²) in [5.74, 6) is 1.02. The minimum atomic E-state index is -0.485. The van der Waals surface area contributed by atoms with Crippen LogP contribution in [-0.2, 0) is 11.8 Å². The van der Waals surface area contributed by atoms with Crippen molar-refractivity contribution in [1.29, 1.82) is 0 Å². The molecule has 5 aromatic rings. The molecular formula is C28H27FN10O2. The van der Waals surface area contributed by atoms with Crippen molar-refractivity contribution in [2.75, 3.05) is 23.3 Å². The lowest BCUT2D eigenvalue weighted by molar-refractivity contribution is -0.117. The van der Waals surface area contributed by atoms with E-state index in [9.17, 15) is 4.79 Å². The second-order valence-electron chi connectivity index (χ2n) is 9.76. The number of fused-ring (bicyclic) bond motifs is 2. The Kier molecular flexibility index (Phi) is 6.83. The predicted molar refractivity (Wildman–Crippen MR) is 152 cm³/mol. The molecule has 4 heterocycles. The Hall–Kier alpha value is -5.20. The fraction of sp³-hybridized carbons (Fsp3) is 0.250. The van der Waals surface area contributed by atoms with E-state index < -0.39 is 5.82 Å². The number of benzene rings is 2. The molecule has 1 aliphatic heterocycles. The second kappa shape index (κ2) is 10.8. The molecule has 1 aliphatic rings. The van der Waals surface area contributed by atoms with Crippen LogP contribution in [0.25, 0.3) is 22.1 Å². The van der Waals surface area contributed by atoms with Gasteiger partial charge in [-0.15, -0.1) is 5.10 Å². The van der Waals surface area contributed by atoms with Crippen molar-refractivity contribution in [2.24, 2.45) is 7.05 Å². The Balaban J connectivity index is 1.24. The number of amides is 1. The number of carbonyl (C=O) groups excluding carboxylic acids is 1. The highest BCUT2D eigenvalue weighted by Crippen LogP contribution is 2.33. The van der Waals surface area contributed by atoms with Crippen molar-refractivity contribution in [1.82, 2.24) is 40.2 Å². The Morgan fingerprint density at radius 3 is 2.93 bits per heavy atom. The van der Waals surface area contributed by atoms with Crippen LogP contribution in [0.15, 0.2) is 55.5 Å². The molecular weight excluding hydrogens is 527 g/mol. The summed E-state index contributed by atoms with van der Waals surface area (Å²) in [5.41, 5.74) is 3.04. The summed E-state index contributed by atoms with van der Waals surface area (Å²) in [4.78, 5) is 31.6. The van der Waals surface area contributed by atoms with E-state index in [1.54, 1.807) is 42.1 Å². The van der Waals surface area contributed by atoms with E-state index in [-0.39, 0.29) is 17.6 Å². The lowest BCUT2D eigenvalue weighted by atomic mass is 10.1. The molecule has 208 valence electrons. The van der Waals surface area contributed by atoms with Crippen LogP contribution in [0.3, 0.4) is 0 Å². The maximum absolute atomic E-state index is 15.6. The molecule has 13 heteroatoms. The second-order valence-corrected chi connectivity index (χ2v) is 9.76. The summed E-state index contributed by atoms with van der Waals surface area (Å²) in [6.45, 7) is 6.46. The summed E-state index contributed by atoms with van der Waals surface area (Å²) in [7, 11) is 1.81. The average molecular weight is 555 g/mol. The molecule has 12 nitrogen and oxygen atoms in total. The quantitative estimate of drug-likeness (QED) is 0.285. The standard InChI is InChI=1S/C28H27FN10O2/c1-4-24(40)33-17-6-5-11-39(14-17)28-30-13-21-26(35-28)27(32-15-31-21)34-19-8-10-23(16(2)25(19)29)41-18-7-9-22-20(12-18)36-37-38(22)3/h4,7-10,12-13,15,17H,1,5-6,11,14H2,2-3H3,(H,33,40)(H,31,32,34)/t17-/m1/s1. The van der Waals surface area contributed by atoms with E-state index in [2.05, 4.69) is 42.5 Å². The third-order valence-electron chi connectivity index (χ3n) is 7.00. The van der Waals surface area contributed by atoms with Gasteiger partial charge in [0.25, 0.3) is 0 Å². The molecule has 41 heavy (non-hydrogen) atoms. The monoisotopic (exact) mass is 554 g/mol. The molecule has 0 bridgehead atoms. The van der Waals surface area contributed by atoms with Crippen LogP contribution in [0.2, 0.25) is 0 Å². The number of aryl methyl sites for hydroxylation is 1. The van der Waals surface area contributed by atoms with Crippen LogP contribution in [0.1, 0.15) is 18.4 Å². The number of nitrogens with one attached hydrogen (secondary N) is 2. The van der Waals surface area contributed by atoms with E-state index in [1.165, 1.54) is 12.4 Å². The maximum atomic E-state index is 15.6. The molecule has 0 radical (unpaired) electrons. The van der Waals surface area contributed by atoms with Gasteiger partial charge in [0.05, 0.1) is 17.4 Å². The van der Waals surface area contributed by atoms with Gasteiger partial charge in [0.15, 0.2) is 11.6 Å². The van der Waals surface area contributed by atoms with Crippen LogP contribution in [0, 0.1) is 12.7 Å². The van der Waals surface area contributed by atoms with Gasteiger partial charge in [0, 0.05) is 37.8 Å². The van der Waals surface area contributed by atoms with E-state index in [4.69, 9.17) is 9.72 Å². The first-order valence-electron chi connectivity index (χ1n) is 13.1. The molecule has 0 aliphatic carbocycles. The number of hydrogen-bond acceptors (Lipinski definition) is 10. The molecule has 1 saturated heterocycles. The number of rotatable bonds is 7. The molecule has 2 N–H and O–H groups in total. The molecule has 1 amide bonds. The lowest BCUT2D eigenvalue weighted by Gasteiger charge is -2.33. The number of ether oxygens (including phenoxy) is 1. The highest BCUT2D eigenvalue weighted by molar-refractivity contribution is 5.88. The first-order chi connectivity index (χ1) is 19.9. The van der Waals surface area contributed by atoms with Crippen LogP contribution >= 0.6 is 0 Å². The third-order valence-corrected chi connectivity index (χ3v) is 7.00. The SMILES string of the molecule is C=CC(=O)N[C@@H]1CCCN(c2ncc3ncnc(Nc4ccc(Oc5ccc6c(c5)nnn6C)c(C)c4F)c3n2)C1. The number of carbonyl (C=O) groups is 1. The van der Waals surface area contributed by atoms with Gasteiger partial charge in [0.2, 0.25) is 11.9 Å². The van der Waals surface area contributed by atoms with E-state index in [0.29, 0.717) is 51.9 Å². The molecule has 2 aromatic carbocycles. The Bertz CT molecular complexity index is 1790. The summed E-state index contributed by atoms with van der Waals surface area (Å²) in [5, 5.41) is 14.1. The van der Waals surface area contributed by atoms with Gasteiger partial charge in [-0.1, -0.05) is 11.8 Å². The van der Waals surface area contributed by atoms with E-state index >= 15 is 4.39 Å². The smallest absolute Gasteiger partial charge is 0.243 e. The first kappa shape index (κ1) is 26.0. The molecule has 1 fully saturated rings. The van der Waals surface area contributed by atoms with Gasteiger partial charge in [0.1, 0.15) is 34.4 Å². The highest BCUT2D eigenvalue weighted by Gasteiger charge is 2.23. The van der Waals surface area contributed by atoms with Crippen LogP contribution in [0.4, 0.5) is 21.8 Å². The highest BCUT2D eigenvalue weighted by atomic mass is 19.1. The van der Waals surface area contributed by atoms with Gasteiger partial charge in [-0.3, -0.25) is 4.79 Å². The molecule has 3 aromatic heterocycles. The topological polar surface area (TPSA) is 136 Å². The summed E-state index contributed by atoms with van der Waals surface area (Å²) in [6, 6.07) is 8.64. The largest absolute Gasteiger partial charge is 0.457 e. The number of nitrogens with zero attached hydrogens (tertiary/aromatic N) is 8. The van der Waals surface area contributed by atoms with Gasteiger partial charge >= 0.3 is 0 Å². The fourth-order valence-corrected chi connectivity index (χ4v) is 4.84. The van der Waals surface area contributed by atoms with Gasteiger partial charge in [-0.25, -0.2) is 29.0 Å². The van der Waals surface area contributed by atoms with Gasteiger partial charge in [-0.2, -0.15) is 0 Å². The first-order valence-corrected chi connectivity index (χ1v) is 13.1. The summed E-state index contributed by atoms with van der Waals surface area (Å²) < 4.78 is 23.2. The van der Waals surface area contributed by atoms with E-state index in [1.807, 2.05) is 18.0 Å². The minimum absolute atomic E-state index is 0.0430. The van der Waals surface area contributed by atoms with Crippen molar-refractivity contribution < 1.29 is 13.9 Å². The van der Waals surface area contributed by atoms with Gasteiger partial charge < -0.3 is 20.3 Å². The molecule has 1 atom stereocenters. The fourth-order valence-electron chi connectivity index (χ4n) is 4.84. The van der Waals surface area contributed by atoms with Crippen LogP contribution < -0.4 is 20.3 Å². The summed E-state index contributed by atoms with van der Waals surface area (Å²) >= 11 is 0. The third kappa shape index (κ3) is 5.21. The van der Waals surface area contributed by atoms with E-state index in [0.717, 1.165) is 24.9 Å².